The number of fused-ring (bicyclic) bond motifs is 1. The molecule has 0 atom stereocenters. The summed E-state index contributed by atoms with van der Waals surface area (Å²) in [6, 6.07) is 0. The number of thioether (sulfide) groups is 1. The zero-order valence-electron chi connectivity index (χ0n) is 7.84. The Hall–Kier alpha value is -0.490. The SMILES string of the molecule is CSc1nc2c(Cl)c(Cl)nc(Cl)c2c(=O)[nH]1. The Kier molecular flexibility index (Phi) is 3.30. The van der Waals surface area contributed by atoms with Gasteiger partial charge >= 0.3 is 0 Å². The van der Waals surface area contributed by atoms with Gasteiger partial charge in [0.2, 0.25) is 0 Å². The molecule has 84 valence electrons. The van der Waals surface area contributed by atoms with Crippen molar-refractivity contribution in [1.29, 1.82) is 0 Å². The van der Waals surface area contributed by atoms with E-state index in [1.807, 2.05) is 0 Å². The molecule has 4 nitrogen and oxygen atoms in total. The van der Waals surface area contributed by atoms with E-state index in [0.29, 0.717) is 5.16 Å². The number of H-pyrrole nitrogens is 1. The summed E-state index contributed by atoms with van der Waals surface area (Å²) in [5, 5.41) is 0.740. The Morgan fingerprint density at radius 1 is 1.19 bits per heavy atom. The summed E-state index contributed by atoms with van der Waals surface area (Å²) in [7, 11) is 0. The maximum absolute atomic E-state index is 11.7. The summed E-state index contributed by atoms with van der Waals surface area (Å²) in [6.07, 6.45) is 1.78. The van der Waals surface area contributed by atoms with E-state index in [0.717, 1.165) is 0 Å². The number of nitrogens with zero attached hydrogens (tertiary/aromatic N) is 2. The van der Waals surface area contributed by atoms with E-state index >= 15 is 0 Å². The molecule has 2 heterocycles. The zero-order chi connectivity index (χ0) is 11.9. The van der Waals surface area contributed by atoms with Crippen LogP contribution in [-0.2, 0) is 0 Å². The highest BCUT2D eigenvalue weighted by Gasteiger charge is 2.15. The van der Waals surface area contributed by atoms with Crippen LogP contribution in [0, 0.1) is 0 Å². The quantitative estimate of drug-likeness (QED) is 0.499. The highest BCUT2D eigenvalue weighted by molar-refractivity contribution is 7.98. The lowest BCUT2D eigenvalue weighted by atomic mass is 10.3. The summed E-state index contributed by atoms with van der Waals surface area (Å²) >= 11 is 18.8. The second-order valence-corrected chi connectivity index (χ2v) is 4.70. The van der Waals surface area contributed by atoms with Crippen molar-refractivity contribution in [3.63, 3.8) is 0 Å². The molecule has 2 rings (SSSR count). The molecule has 16 heavy (non-hydrogen) atoms. The van der Waals surface area contributed by atoms with Crippen LogP contribution < -0.4 is 5.56 Å². The van der Waals surface area contributed by atoms with Crippen molar-refractivity contribution in [1.82, 2.24) is 15.0 Å². The van der Waals surface area contributed by atoms with E-state index in [2.05, 4.69) is 15.0 Å². The van der Waals surface area contributed by atoms with Crippen LogP contribution in [0.3, 0.4) is 0 Å². The Bertz CT molecular complexity index is 628. The first-order valence-electron chi connectivity index (χ1n) is 4.03. The molecule has 1 N–H and O–H groups in total. The van der Waals surface area contributed by atoms with Gasteiger partial charge in [-0.05, 0) is 6.26 Å². The van der Waals surface area contributed by atoms with Crippen LogP contribution in [-0.4, -0.2) is 21.2 Å². The molecular formula is C8H4Cl3N3OS. The predicted octanol–water partition coefficient (Wildman–Crippen LogP) is 3.00. The van der Waals surface area contributed by atoms with Gasteiger partial charge in [0.1, 0.15) is 21.1 Å². The number of pyridine rings is 1. The zero-order valence-corrected chi connectivity index (χ0v) is 10.9. The lowest BCUT2D eigenvalue weighted by Crippen LogP contribution is -2.10. The first kappa shape index (κ1) is 12.0. The molecule has 0 fully saturated rings. The molecule has 2 aromatic rings. The fourth-order valence-corrected chi connectivity index (χ4v) is 2.22. The first-order chi connectivity index (χ1) is 7.54. The highest BCUT2D eigenvalue weighted by Crippen LogP contribution is 2.30. The molecule has 0 aliphatic heterocycles. The van der Waals surface area contributed by atoms with Crippen LogP contribution in [0.1, 0.15) is 0 Å². The Labute approximate surface area is 109 Å². The fourth-order valence-electron chi connectivity index (χ4n) is 1.19. The predicted molar refractivity (Wildman–Crippen MR) is 67.0 cm³/mol. The minimum absolute atomic E-state index is 0.00852. The normalized spacial score (nSPS) is 11.0. The van der Waals surface area contributed by atoms with Crippen molar-refractivity contribution < 1.29 is 0 Å². The van der Waals surface area contributed by atoms with Crippen LogP contribution >= 0.6 is 46.6 Å². The summed E-state index contributed by atoms with van der Waals surface area (Å²) < 4.78 is 0. The average molecular weight is 297 g/mol. The standard InChI is InChI=1S/C8H4Cl3N3OS/c1-16-8-12-4-2(7(15)14-8)5(10)13-6(11)3(4)9/h1H3,(H,12,14,15). The monoisotopic (exact) mass is 295 g/mol. The van der Waals surface area contributed by atoms with Gasteiger partial charge in [0.25, 0.3) is 5.56 Å². The molecule has 2 aromatic heterocycles. The van der Waals surface area contributed by atoms with Gasteiger partial charge in [0.15, 0.2) is 10.3 Å². The Balaban J connectivity index is 3.00. The number of aromatic nitrogens is 3. The number of halogens is 3. The van der Waals surface area contributed by atoms with Gasteiger partial charge in [-0.3, -0.25) is 4.79 Å². The van der Waals surface area contributed by atoms with Gasteiger partial charge < -0.3 is 4.98 Å². The summed E-state index contributed by atoms with van der Waals surface area (Å²) in [5.74, 6) is 0. The average Bonchev–Trinajstić information content (AvgIpc) is 2.24. The van der Waals surface area contributed by atoms with Gasteiger partial charge in [-0.25, -0.2) is 9.97 Å². The van der Waals surface area contributed by atoms with Gasteiger partial charge in [-0.15, -0.1) is 0 Å². The molecule has 0 aromatic carbocycles. The van der Waals surface area contributed by atoms with Crippen molar-refractivity contribution in [2.45, 2.75) is 5.16 Å². The van der Waals surface area contributed by atoms with Crippen LogP contribution in [0.25, 0.3) is 10.9 Å². The molecule has 8 heteroatoms. The van der Waals surface area contributed by atoms with E-state index in [1.165, 1.54) is 11.8 Å². The van der Waals surface area contributed by atoms with Crippen LogP contribution in [0.4, 0.5) is 0 Å². The molecule has 0 unspecified atom stereocenters. The van der Waals surface area contributed by atoms with Crippen LogP contribution in [0.5, 0.6) is 0 Å². The lowest BCUT2D eigenvalue weighted by molar-refractivity contribution is 0.975. The van der Waals surface area contributed by atoms with E-state index < -0.39 is 0 Å². The lowest BCUT2D eigenvalue weighted by Gasteiger charge is -2.04. The first-order valence-corrected chi connectivity index (χ1v) is 6.39. The summed E-state index contributed by atoms with van der Waals surface area (Å²) in [5.41, 5.74) is -0.120. The third-order valence-corrected chi connectivity index (χ3v) is 3.46. The molecule has 0 radical (unpaired) electrons. The third kappa shape index (κ3) is 1.88. The van der Waals surface area contributed by atoms with E-state index in [1.54, 1.807) is 6.26 Å². The minimum atomic E-state index is -0.384. The topological polar surface area (TPSA) is 58.6 Å². The van der Waals surface area contributed by atoms with E-state index in [-0.39, 0.29) is 31.8 Å². The third-order valence-electron chi connectivity index (χ3n) is 1.88. The number of hydrogen-bond donors (Lipinski definition) is 1. The Morgan fingerprint density at radius 2 is 1.88 bits per heavy atom. The van der Waals surface area contributed by atoms with Gasteiger partial charge in [0.05, 0.1) is 0 Å². The summed E-state index contributed by atoms with van der Waals surface area (Å²) in [6.45, 7) is 0. The van der Waals surface area contributed by atoms with Gasteiger partial charge in [0, 0.05) is 0 Å². The number of hydrogen-bond acceptors (Lipinski definition) is 4. The highest BCUT2D eigenvalue weighted by atomic mass is 35.5. The summed E-state index contributed by atoms with van der Waals surface area (Å²) in [4.78, 5) is 22.2. The molecule has 0 saturated heterocycles. The van der Waals surface area contributed by atoms with Crippen molar-refractivity contribution in [3.05, 3.63) is 25.7 Å². The molecule has 0 aliphatic rings. The molecule has 0 aliphatic carbocycles. The number of rotatable bonds is 1. The second kappa shape index (κ2) is 4.41. The van der Waals surface area contributed by atoms with Crippen LogP contribution in [0.2, 0.25) is 15.3 Å². The second-order valence-electron chi connectivity index (χ2n) is 2.81. The van der Waals surface area contributed by atoms with Gasteiger partial charge in [-0.2, -0.15) is 0 Å². The molecular weight excluding hydrogens is 293 g/mol. The number of aromatic amines is 1. The van der Waals surface area contributed by atoms with Crippen molar-refractivity contribution in [2.75, 3.05) is 6.26 Å². The van der Waals surface area contributed by atoms with Crippen molar-refractivity contribution in [2.24, 2.45) is 0 Å². The maximum Gasteiger partial charge on any atom is 0.262 e. The van der Waals surface area contributed by atoms with E-state index in [4.69, 9.17) is 34.8 Å². The number of nitrogens with one attached hydrogen (secondary N) is 1. The molecule has 0 spiro atoms. The van der Waals surface area contributed by atoms with Gasteiger partial charge in [-0.1, -0.05) is 46.6 Å². The fraction of sp³-hybridized carbons (Fsp3) is 0.125. The Morgan fingerprint density at radius 3 is 2.50 bits per heavy atom. The largest absolute Gasteiger partial charge is 0.301 e. The maximum atomic E-state index is 11.7. The van der Waals surface area contributed by atoms with Crippen molar-refractivity contribution >= 4 is 57.5 Å². The minimum Gasteiger partial charge on any atom is -0.301 e. The van der Waals surface area contributed by atoms with Crippen LogP contribution in [0.15, 0.2) is 9.95 Å². The molecule has 0 bridgehead atoms. The molecule has 0 saturated carbocycles. The smallest absolute Gasteiger partial charge is 0.262 e. The van der Waals surface area contributed by atoms with E-state index in [9.17, 15) is 4.79 Å². The van der Waals surface area contributed by atoms with Crippen molar-refractivity contribution in [3.8, 4) is 0 Å². The molecule has 0 amide bonds.